The molecule has 1 saturated heterocycles. The van der Waals surface area contributed by atoms with Crippen LogP contribution in [0.4, 0.5) is 0 Å². The molecule has 1 aromatic rings. The molecule has 0 N–H and O–H groups in total. The first-order valence-electron chi connectivity index (χ1n) is 7.41. The van der Waals surface area contributed by atoms with Crippen LogP contribution in [0.25, 0.3) is 0 Å². The molecule has 1 fully saturated rings. The molecule has 2 rings (SSSR count). The Kier molecular flexibility index (Phi) is 4.61. The maximum atomic E-state index is 12.5. The van der Waals surface area contributed by atoms with Crippen molar-refractivity contribution in [1.82, 2.24) is 9.88 Å². The van der Waals surface area contributed by atoms with E-state index in [0.717, 1.165) is 0 Å². The van der Waals surface area contributed by atoms with Crippen molar-refractivity contribution < 1.29 is 13.7 Å². The highest BCUT2D eigenvalue weighted by atomic mass is 32.2. The zero-order chi connectivity index (χ0) is 16.5. The van der Waals surface area contributed by atoms with Crippen molar-refractivity contribution in [2.45, 2.75) is 45.0 Å². The molecule has 0 saturated carbocycles. The molecule has 0 unspecified atom stereocenters. The number of carbonyl (C=O) groups excluding carboxylic acids is 1. The number of hydrogen-bond acceptors (Lipinski definition) is 4. The van der Waals surface area contributed by atoms with Crippen LogP contribution in [0.2, 0.25) is 0 Å². The van der Waals surface area contributed by atoms with E-state index in [2.05, 4.69) is 4.98 Å². The van der Waals surface area contributed by atoms with Crippen LogP contribution in [0, 0.1) is 0 Å². The Hall–Kier alpha value is -1.43. The van der Waals surface area contributed by atoms with Gasteiger partial charge in [-0.1, -0.05) is 0 Å². The van der Waals surface area contributed by atoms with Crippen molar-refractivity contribution in [2.24, 2.45) is 0 Å². The molecule has 1 amide bonds. The summed E-state index contributed by atoms with van der Waals surface area (Å²) in [7, 11) is -0.889. The normalized spacial score (nSPS) is 21.5. The Labute approximate surface area is 134 Å². The lowest BCUT2D eigenvalue weighted by atomic mass is 10.1. The topological polar surface area (TPSA) is 59.5 Å². The van der Waals surface area contributed by atoms with Crippen molar-refractivity contribution >= 4 is 16.7 Å². The first-order chi connectivity index (χ1) is 10.1. The zero-order valence-electron chi connectivity index (χ0n) is 13.9. The van der Waals surface area contributed by atoms with E-state index < -0.39 is 10.8 Å². The number of hydrogen-bond donors (Lipinski definition) is 0. The summed E-state index contributed by atoms with van der Waals surface area (Å²) in [5.41, 5.74) is 0.212. The average molecular weight is 324 g/mol. The van der Waals surface area contributed by atoms with Crippen LogP contribution in [0.3, 0.4) is 0 Å². The molecule has 0 bridgehead atoms. The van der Waals surface area contributed by atoms with Gasteiger partial charge in [0.05, 0.1) is 10.3 Å². The Morgan fingerprint density at radius 3 is 2.55 bits per heavy atom. The third-order valence-electron chi connectivity index (χ3n) is 3.42. The van der Waals surface area contributed by atoms with Crippen molar-refractivity contribution in [1.29, 1.82) is 0 Å². The Bertz CT molecular complexity index is 576. The van der Waals surface area contributed by atoms with Crippen molar-refractivity contribution in [2.75, 3.05) is 18.8 Å². The maximum Gasteiger partial charge on any atom is 0.255 e. The van der Waals surface area contributed by atoms with E-state index in [0.29, 0.717) is 30.3 Å². The number of carbonyl (C=O) groups is 1. The predicted molar refractivity (Wildman–Crippen MR) is 87.6 cm³/mol. The minimum Gasteiger partial charge on any atom is -0.472 e. The van der Waals surface area contributed by atoms with E-state index in [1.54, 1.807) is 23.2 Å². The van der Waals surface area contributed by atoms with Gasteiger partial charge in [0.1, 0.15) is 5.60 Å². The molecule has 0 aliphatic carbocycles. The molecule has 122 valence electrons. The molecule has 1 atom stereocenters. The fourth-order valence-corrected chi connectivity index (χ4v) is 3.56. The fraction of sp³-hybridized carbons (Fsp3) is 0.625. The van der Waals surface area contributed by atoms with E-state index in [1.807, 2.05) is 34.6 Å². The molecule has 2 heterocycles. The van der Waals surface area contributed by atoms with Crippen LogP contribution in [0.1, 0.15) is 45.0 Å². The minimum atomic E-state index is -0.889. The maximum absolute atomic E-state index is 12.5. The van der Waals surface area contributed by atoms with Crippen molar-refractivity contribution in [3.05, 3.63) is 23.9 Å². The molecular formula is C16H24N2O3S. The highest BCUT2D eigenvalue weighted by molar-refractivity contribution is 7.86. The molecule has 1 aliphatic rings. The highest BCUT2D eigenvalue weighted by Crippen LogP contribution is 2.22. The van der Waals surface area contributed by atoms with Gasteiger partial charge < -0.3 is 9.64 Å². The number of pyridine rings is 1. The molecule has 0 aromatic carbocycles. The van der Waals surface area contributed by atoms with Gasteiger partial charge in [-0.25, -0.2) is 4.98 Å². The van der Waals surface area contributed by atoms with E-state index in [9.17, 15) is 9.00 Å². The second kappa shape index (κ2) is 5.99. The number of amides is 1. The predicted octanol–water partition coefficient (Wildman–Crippen LogP) is 2.24. The summed E-state index contributed by atoms with van der Waals surface area (Å²) >= 11 is 0. The fourth-order valence-electron chi connectivity index (χ4n) is 2.32. The van der Waals surface area contributed by atoms with Gasteiger partial charge in [0.15, 0.2) is 0 Å². The Morgan fingerprint density at radius 1 is 1.36 bits per heavy atom. The van der Waals surface area contributed by atoms with Gasteiger partial charge in [0, 0.05) is 41.9 Å². The SMILES string of the molecule is CC(C)(C)Oc1ccc(C(=O)N2CC[S@](=O)C(C)(C)C2)cn1. The Balaban J connectivity index is 2.09. The van der Waals surface area contributed by atoms with Crippen LogP contribution < -0.4 is 4.74 Å². The van der Waals surface area contributed by atoms with Crippen LogP contribution in [0.15, 0.2) is 18.3 Å². The minimum absolute atomic E-state index is 0.0698. The lowest BCUT2D eigenvalue weighted by molar-refractivity contribution is 0.0745. The smallest absolute Gasteiger partial charge is 0.255 e. The first-order valence-corrected chi connectivity index (χ1v) is 8.73. The van der Waals surface area contributed by atoms with Crippen LogP contribution in [-0.4, -0.2) is 49.2 Å². The number of aromatic nitrogens is 1. The summed E-state index contributed by atoms with van der Waals surface area (Å²) in [4.78, 5) is 18.5. The summed E-state index contributed by atoms with van der Waals surface area (Å²) in [6.07, 6.45) is 1.54. The van der Waals surface area contributed by atoms with E-state index in [-0.39, 0.29) is 16.3 Å². The summed E-state index contributed by atoms with van der Waals surface area (Å²) in [6, 6.07) is 3.45. The quantitative estimate of drug-likeness (QED) is 0.837. The number of ether oxygens (including phenoxy) is 1. The summed E-state index contributed by atoms with van der Waals surface area (Å²) in [5.74, 6) is 0.959. The lowest BCUT2D eigenvalue weighted by Gasteiger charge is -2.37. The summed E-state index contributed by atoms with van der Waals surface area (Å²) in [6.45, 7) is 10.7. The molecule has 22 heavy (non-hydrogen) atoms. The van der Waals surface area contributed by atoms with Gasteiger partial charge >= 0.3 is 0 Å². The van der Waals surface area contributed by atoms with Crippen LogP contribution in [-0.2, 0) is 10.8 Å². The van der Waals surface area contributed by atoms with Gasteiger partial charge in [-0.2, -0.15) is 0 Å². The molecular weight excluding hydrogens is 300 g/mol. The zero-order valence-corrected chi connectivity index (χ0v) is 14.7. The molecule has 1 aliphatic heterocycles. The third-order valence-corrected chi connectivity index (χ3v) is 5.33. The van der Waals surface area contributed by atoms with Gasteiger partial charge in [0.2, 0.25) is 5.88 Å². The van der Waals surface area contributed by atoms with Crippen molar-refractivity contribution in [3.63, 3.8) is 0 Å². The molecule has 5 nitrogen and oxygen atoms in total. The van der Waals surface area contributed by atoms with Crippen molar-refractivity contribution in [3.8, 4) is 5.88 Å². The van der Waals surface area contributed by atoms with Crippen LogP contribution in [0.5, 0.6) is 5.88 Å². The molecule has 0 radical (unpaired) electrons. The number of rotatable bonds is 2. The Morgan fingerprint density at radius 2 is 2.05 bits per heavy atom. The number of nitrogens with zero attached hydrogens (tertiary/aromatic N) is 2. The third kappa shape index (κ3) is 4.06. The largest absolute Gasteiger partial charge is 0.472 e. The summed E-state index contributed by atoms with van der Waals surface area (Å²) < 4.78 is 17.2. The van der Waals surface area contributed by atoms with E-state index in [1.165, 1.54) is 0 Å². The average Bonchev–Trinajstić information content (AvgIpc) is 2.40. The van der Waals surface area contributed by atoms with E-state index >= 15 is 0 Å². The second-order valence-corrected chi connectivity index (χ2v) is 9.34. The van der Waals surface area contributed by atoms with Gasteiger partial charge in [-0.15, -0.1) is 0 Å². The lowest BCUT2D eigenvalue weighted by Crippen LogP contribution is -2.52. The molecule has 1 aromatic heterocycles. The highest BCUT2D eigenvalue weighted by Gasteiger charge is 2.35. The molecule has 0 spiro atoms. The summed E-state index contributed by atoms with van der Waals surface area (Å²) in [5, 5.41) is 0. The van der Waals surface area contributed by atoms with Crippen LogP contribution >= 0.6 is 0 Å². The van der Waals surface area contributed by atoms with E-state index in [4.69, 9.17) is 4.74 Å². The molecule has 6 heteroatoms. The van der Waals surface area contributed by atoms with Gasteiger partial charge in [0.25, 0.3) is 5.91 Å². The monoisotopic (exact) mass is 324 g/mol. The second-order valence-electron chi connectivity index (χ2n) is 7.14. The van der Waals surface area contributed by atoms with Gasteiger partial charge in [-0.05, 0) is 40.7 Å². The van der Waals surface area contributed by atoms with Gasteiger partial charge in [-0.3, -0.25) is 9.00 Å². The standard InChI is InChI=1S/C16H24N2O3S/c1-15(2,3)21-13-7-6-12(10-17-13)14(19)18-8-9-22(20)16(4,5)11-18/h6-7,10H,8-9,11H2,1-5H3/t22-/m0/s1. The first kappa shape index (κ1) is 16.9.